The minimum atomic E-state index is 0.495. The molecule has 1 rings (SSSR count). The predicted octanol–water partition coefficient (Wildman–Crippen LogP) is 2.37. The minimum Gasteiger partial charge on any atom is -0.313 e. The molecular weight excluding hydrogens is 220 g/mol. The summed E-state index contributed by atoms with van der Waals surface area (Å²) in [6.07, 6.45) is 2.47. The largest absolute Gasteiger partial charge is 0.313 e. The van der Waals surface area contributed by atoms with E-state index >= 15 is 0 Å². The summed E-state index contributed by atoms with van der Waals surface area (Å²) >= 11 is 1.71. The summed E-state index contributed by atoms with van der Waals surface area (Å²) in [5.74, 6) is 0.877. The molecule has 0 spiro atoms. The molecule has 2 N–H and O–H groups in total. The molecule has 0 aliphatic rings. The van der Waals surface area contributed by atoms with Crippen LogP contribution in [0.2, 0.25) is 0 Å². The first-order chi connectivity index (χ1) is 7.61. The highest BCUT2D eigenvalue weighted by Gasteiger charge is 2.09. The molecule has 5 heteroatoms. The number of nitrogens with zero attached hydrogens (tertiary/aromatic N) is 2. The van der Waals surface area contributed by atoms with Gasteiger partial charge >= 0.3 is 0 Å². The number of aromatic amines is 1. The second kappa shape index (κ2) is 6.91. The van der Waals surface area contributed by atoms with Crippen molar-refractivity contribution in [1.82, 2.24) is 20.5 Å². The molecule has 2 atom stereocenters. The van der Waals surface area contributed by atoms with E-state index < -0.39 is 0 Å². The Morgan fingerprint density at radius 3 is 2.75 bits per heavy atom. The molecule has 0 saturated carbocycles. The van der Waals surface area contributed by atoms with E-state index in [1.807, 2.05) is 6.92 Å². The van der Waals surface area contributed by atoms with Crippen LogP contribution in [0.5, 0.6) is 0 Å². The smallest absolute Gasteiger partial charge is 0.208 e. The number of aryl methyl sites for hydroxylation is 1. The van der Waals surface area contributed by atoms with Crippen LogP contribution in [0.4, 0.5) is 0 Å². The van der Waals surface area contributed by atoms with E-state index in [9.17, 15) is 0 Å². The Morgan fingerprint density at radius 2 is 2.19 bits per heavy atom. The quantitative estimate of drug-likeness (QED) is 0.721. The average Bonchev–Trinajstić information content (AvgIpc) is 2.61. The van der Waals surface area contributed by atoms with Gasteiger partial charge in [-0.2, -0.15) is 0 Å². The van der Waals surface area contributed by atoms with Gasteiger partial charge in [-0.15, -0.1) is 5.10 Å². The molecule has 0 aliphatic carbocycles. The number of H-pyrrole nitrogens is 1. The Hall–Kier alpha value is -0.550. The van der Waals surface area contributed by atoms with Gasteiger partial charge in [0.2, 0.25) is 5.16 Å². The highest BCUT2D eigenvalue weighted by Crippen LogP contribution is 2.18. The van der Waals surface area contributed by atoms with Crippen LogP contribution < -0.4 is 5.32 Å². The van der Waals surface area contributed by atoms with E-state index in [0.29, 0.717) is 11.3 Å². The van der Waals surface area contributed by atoms with Crippen molar-refractivity contribution < 1.29 is 0 Å². The number of hydrogen-bond donors (Lipinski definition) is 2. The van der Waals surface area contributed by atoms with Crippen LogP contribution in [0.25, 0.3) is 0 Å². The lowest BCUT2D eigenvalue weighted by Crippen LogP contribution is -2.31. The Balaban J connectivity index is 2.23. The summed E-state index contributed by atoms with van der Waals surface area (Å²) in [6, 6.07) is 0.599. The Morgan fingerprint density at radius 1 is 1.44 bits per heavy atom. The molecule has 0 bridgehead atoms. The van der Waals surface area contributed by atoms with E-state index in [4.69, 9.17) is 0 Å². The van der Waals surface area contributed by atoms with E-state index in [0.717, 1.165) is 17.5 Å². The van der Waals surface area contributed by atoms with Crippen molar-refractivity contribution >= 4 is 11.8 Å². The standard InChI is InChI=1S/C11H22N4S/c1-5-6-8(2)12-7-9(3)16-11-13-10(4)14-15-11/h8-9,12H,5-7H2,1-4H3,(H,13,14,15). The minimum absolute atomic E-state index is 0.495. The molecule has 1 aromatic rings. The topological polar surface area (TPSA) is 53.6 Å². The van der Waals surface area contributed by atoms with Crippen molar-refractivity contribution in [3.8, 4) is 0 Å². The van der Waals surface area contributed by atoms with Crippen LogP contribution in [-0.4, -0.2) is 33.0 Å². The summed E-state index contributed by atoms with van der Waals surface area (Å²) < 4.78 is 0. The zero-order valence-electron chi connectivity index (χ0n) is 10.6. The Labute approximate surface area is 102 Å². The number of aromatic nitrogens is 3. The second-order valence-electron chi connectivity index (χ2n) is 4.23. The molecule has 0 radical (unpaired) electrons. The maximum Gasteiger partial charge on any atom is 0.208 e. The molecule has 16 heavy (non-hydrogen) atoms. The van der Waals surface area contributed by atoms with Gasteiger partial charge in [-0.05, 0) is 20.3 Å². The summed E-state index contributed by atoms with van der Waals surface area (Å²) in [4.78, 5) is 4.28. The summed E-state index contributed by atoms with van der Waals surface area (Å²) in [6.45, 7) is 9.56. The molecule has 1 heterocycles. The van der Waals surface area contributed by atoms with Gasteiger partial charge in [0.05, 0.1) is 0 Å². The third kappa shape index (κ3) is 4.99. The molecule has 4 nitrogen and oxygen atoms in total. The maximum absolute atomic E-state index is 4.28. The zero-order chi connectivity index (χ0) is 12.0. The molecule has 0 amide bonds. The summed E-state index contributed by atoms with van der Waals surface area (Å²) in [7, 11) is 0. The van der Waals surface area contributed by atoms with Gasteiger partial charge in [0.15, 0.2) is 0 Å². The summed E-state index contributed by atoms with van der Waals surface area (Å²) in [5.41, 5.74) is 0. The highest BCUT2D eigenvalue weighted by molar-refractivity contribution is 7.99. The molecule has 0 aliphatic heterocycles. The van der Waals surface area contributed by atoms with Crippen LogP contribution >= 0.6 is 11.8 Å². The first kappa shape index (κ1) is 13.5. The van der Waals surface area contributed by atoms with Crippen molar-refractivity contribution in [3.05, 3.63) is 5.82 Å². The molecule has 0 aromatic carbocycles. The molecular formula is C11H22N4S. The van der Waals surface area contributed by atoms with Crippen molar-refractivity contribution in [3.63, 3.8) is 0 Å². The predicted molar refractivity (Wildman–Crippen MR) is 68.8 cm³/mol. The van der Waals surface area contributed by atoms with E-state index in [1.165, 1.54) is 12.8 Å². The fraction of sp³-hybridized carbons (Fsp3) is 0.818. The SMILES string of the molecule is CCCC(C)NCC(C)Sc1n[nH]c(C)n1. The lowest BCUT2D eigenvalue weighted by molar-refractivity contribution is 0.511. The van der Waals surface area contributed by atoms with Gasteiger partial charge in [-0.1, -0.05) is 32.0 Å². The van der Waals surface area contributed by atoms with Gasteiger partial charge in [0, 0.05) is 17.8 Å². The fourth-order valence-corrected chi connectivity index (χ4v) is 2.33. The number of nitrogens with one attached hydrogen (secondary N) is 2. The monoisotopic (exact) mass is 242 g/mol. The van der Waals surface area contributed by atoms with Crippen LogP contribution in [-0.2, 0) is 0 Å². The third-order valence-corrected chi connectivity index (χ3v) is 3.32. The van der Waals surface area contributed by atoms with Crippen LogP contribution in [0.1, 0.15) is 39.4 Å². The Bertz CT molecular complexity index is 300. The van der Waals surface area contributed by atoms with Crippen molar-refractivity contribution in [2.45, 2.75) is 57.0 Å². The third-order valence-electron chi connectivity index (χ3n) is 2.36. The average molecular weight is 242 g/mol. The second-order valence-corrected chi connectivity index (χ2v) is 5.64. The van der Waals surface area contributed by atoms with E-state index in [-0.39, 0.29) is 0 Å². The molecule has 0 saturated heterocycles. The number of rotatable bonds is 7. The van der Waals surface area contributed by atoms with Gasteiger partial charge in [-0.3, -0.25) is 5.10 Å². The highest BCUT2D eigenvalue weighted by atomic mass is 32.2. The van der Waals surface area contributed by atoms with Gasteiger partial charge in [0.1, 0.15) is 5.82 Å². The molecule has 92 valence electrons. The van der Waals surface area contributed by atoms with Gasteiger partial charge in [0.25, 0.3) is 0 Å². The van der Waals surface area contributed by atoms with Crippen molar-refractivity contribution in [2.24, 2.45) is 0 Å². The van der Waals surface area contributed by atoms with Gasteiger partial charge < -0.3 is 5.32 Å². The Kier molecular flexibility index (Phi) is 5.84. The van der Waals surface area contributed by atoms with Gasteiger partial charge in [-0.25, -0.2) is 4.98 Å². The van der Waals surface area contributed by atoms with Crippen LogP contribution in [0.3, 0.4) is 0 Å². The van der Waals surface area contributed by atoms with E-state index in [2.05, 4.69) is 41.3 Å². The lowest BCUT2D eigenvalue weighted by Gasteiger charge is -2.15. The zero-order valence-corrected chi connectivity index (χ0v) is 11.4. The molecule has 2 unspecified atom stereocenters. The number of hydrogen-bond acceptors (Lipinski definition) is 4. The van der Waals surface area contributed by atoms with Crippen LogP contribution in [0, 0.1) is 6.92 Å². The fourth-order valence-electron chi connectivity index (χ4n) is 1.50. The maximum atomic E-state index is 4.28. The first-order valence-electron chi connectivity index (χ1n) is 5.90. The summed E-state index contributed by atoms with van der Waals surface area (Å²) in [5, 5.41) is 11.8. The molecule has 0 fully saturated rings. The van der Waals surface area contributed by atoms with E-state index in [1.54, 1.807) is 11.8 Å². The van der Waals surface area contributed by atoms with Crippen molar-refractivity contribution in [1.29, 1.82) is 0 Å². The first-order valence-corrected chi connectivity index (χ1v) is 6.78. The van der Waals surface area contributed by atoms with Crippen LogP contribution in [0.15, 0.2) is 5.16 Å². The molecule has 1 aromatic heterocycles. The number of thioether (sulfide) groups is 1. The normalized spacial score (nSPS) is 15.0. The van der Waals surface area contributed by atoms with Crippen molar-refractivity contribution in [2.75, 3.05) is 6.54 Å². The lowest BCUT2D eigenvalue weighted by atomic mass is 10.2.